The summed E-state index contributed by atoms with van der Waals surface area (Å²) in [5.41, 5.74) is 3.46. The van der Waals surface area contributed by atoms with E-state index < -0.39 is 0 Å². The van der Waals surface area contributed by atoms with Gasteiger partial charge in [-0.05, 0) is 56.5 Å². The number of rotatable bonds is 3. The van der Waals surface area contributed by atoms with E-state index in [1.807, 2.05) is 6.20 Å². The van der Waals surface area contributed by atoms with Crippen molar-refractivity contribution in [3.8, 4) is 17.0 Å². The summed E-state index contributed by atoms with van der Waals surface area (Å²) < 4.78 is 6.21. The van der Waals surface area contributed by atoms with E-state index in [0.29, 0.717) is 6.10 Å². The standard InChI is InChI=1S/C19H22N2O/c1-14-4-2-3-5-17(14)18-7-6-16(12-20-18)22-19-13-21-10-8-15(19)9-11-21/h2-7,12,15,19H,8-11,13H2,1H3. The van der Waals surface area contributed by atoms with Gasteiger partial charge in [-0.25, -0.2) is 0 Å². The number of hydrogen-bond acceptors (Lipinski definition) is 3. The van der Waals surface area contributed by atoms with Crippen molar-refractivity contribution in [3.63, 3.8) is 0 Å². The maximum Gasteiger partial charge on any atom is 0.138 e. The van der Waals surface area contributed by atoms with Gasteiger partial charge in [0.1, 0.15) is 11.9 Å². The number of aromatic nitrogens is 1. The average molecular weight is 294 g/mol. The molecular weight excluding hydrogens is 272 g/mol. The number of nitrogens with zero attached hydrogens (tertiary/aromatic N) is 2. The monoisotopic (exact) mass is 294 g/mol. The van der Waals surface area contributed by atoms with Crippen molar-refractivity contribution in [2.75, 3.05) is 19.6 Å². The zero-order valence-electron chi connectivity index (χ0n) is 13.0. The van der Waals surface area contributed by atoms with Crippen molar-refractivity contribution in [3.05, 3.63) is 48.2 Å². The summed E-state index contributed by atoms with van der Waals surface area (Å²) >= 11 is 0. The second-order valence-corrected chi connectivity index (χ2v) is 6.49. The second-order valence-electron chi connectivity index (χ2n) is 6.49. The number of ether oxygens (including phenoxy) is 1. The molecule has 114 valence electrons. The molecule has 3 saturated heterocycles. The summed E-state index contributed by atoms with van der Waals surface area (Å²) in [4.78, 5) is 7.11. The fourth-order valence-electron chi connectivity index (χ4n) is 3.69. The van der Waals surface area contributed by atoms with Crippen molar-refractivity contribution >= 4 is 0 Å². The van der Waals surface area contributed by atoms with Crippen LogP contribution in [0.4, 0.5) is 0 Å². The molecule has 2 bridgehead atoms. The smallest absolute Gasteiger partial charge is 0.138 e. The Hall–Kier alpha value is -1.87. The van der Waals surface area contributed by atoms with Gasteiger partial charge in [-0.3, -0.25) is 9.88 Å². The molecule has 0 N–H and O–H groups in total. The van der Waals surface area contributed by atoms with E-state index in [1.54, 1.807) is 0 Å². The Morgan fingerprint density at radius 3 is 2.55 bits per heavy atom. The molecule has 3 heteroatoms. The van der Waals surface area contributed by atoms with E-state index in [-0.39, 0.29) is 0 Å². The average Bonchev–Trinajstić information content (AvgIpc) is 2.57. The van der Waals surface area contributed by atoms with Crippen molar-refractivity contribution in [1.82, 2.24) is 9.88 Å². The summed E-state index contributed by atoms with van der Waals surface area (Å²) in [6, 6.07) is 12.5. The number of piperidine rings is 3. The van der Waals surface area contributed by atoms with Crippen LogP contribution in [0.3, 0.4) is 0 Å². The van der Waals surface area contributed by atoms with Crippen LogP contribution < -0.4 is 4.74 Å². The highest BCUT2D eigenvalue weighted by Gasteiger charge is 2.35. The van der Waals surface area contributed by atoms with E-state index in [2.05, 4.69) is 53.2 Å². The maximum atomic E-state index is 6.21. The molecule has 1 atom stereocenters. The molecule has 4 heterocycles. The van der Waals surface area contributed by atoms with Crippen LogP contribution in [0.15, 0.2) is 42.6 Å². The highest BCUT2D eigenvalue weighted by Crippen LogP contribution is 2.31. The Kier molecular flexibility index (Phi) is 3.59. The second kappa shape index (κ2) is 5.73. The molecule has 5 rings (SSSR count). The SMILES string of the molecule is Cc1ccccc1-c1ccc(OC2CN3CCC2CC3)cn1. The van der Waals surface area contributed by atoms with Gasteiger partial charge in [-0.1, -0.05) is 24.3 Å². The minimum atomic E-state index is 0.341. The lowest BCUT2D eigenvalue weighted by molar-refractivity contribution is -0.00791. The lowest BCUT2D eigenvalue weighted by atomic mass is 9.86. The highest BCUT2D eigenvalue weighted by molar-refractivity contribution is 5.63. The van der Waals surface area contributed by atoms with Crippen LogP contribution in [-0.2, 0) is 0 Å². The maximum absolute atomic E-state index is 6.21. The number of fused-ring (bicyclic) bond motifs is 3. The van der Waals surface area contributed by atoms with Crippen molar-refractivity contribution < 1.29 is 4.74 Å². The quantitative estimate of drug-likeness (QED) is 0.866. The summed E-state index contributed by atoms with van der Waals surface area (Å²) in [7, 11) is 0. The van der Waals surface area contributed by atoms with Crippen LogP contribution in [0.25, 0.3) is 11.3 Å². The van der Waals surface area contributed by atoms with Crippen LogP contribution >= 0.6 is 0 Å². The van der Waals surface area contributed by atoms with Crippen LogP contribution in [0.1, 0.15) is 18.4 Å². The molecule has 0 radical (unpaired) electrons. The number of benzene rings is 1. The van der Waals surface area contributed by atoms with Crippen LogP contribution in [-0.4, -0.2) is 35.6 Å². The molecule has 1 aromatic heterocycles. The Balaban J connectivity index is 1.49. The van der Waals surface area contributed by atoms with Crippen molar-refractivity contribution in [1.29, 1.82) is 0 Å². The van der Waals surface area contributed by atoms with E-state index in [4.69, 9.17) is 4.74 Å². The van der Waals surface area contributed by atoms with Gasteiger partial charge in [-0.15, -0.1) is 0 Å². The zero-order valence-corrected chi connectivity index (χ0v) is 13.0. The summed E-state index contributed by atoms with van der Waals surface area (Å²) in [6.45, 7) is 5.68. The highest BCUT2D eigenvalue weighted by atomic mass is 16.5. The third-order valence-corrected chi connectivity index (χ3v) is 5.04. The molecule has 0 amide bonds. The molecule has 3 nitrogen and oxygen atoms in total. The van der Waals surface area contributed by atoms with E-state index in [1.165, 1.54) is 37.1 Å². The van der Waals surface area contributed by atoms with Gasteiger partial charge in [0.2, 0.25) is 0 Å². The van der Waals surface area contributed by atoms with Gasteiger partial charge in [0.15, 0.2) is 0 Å². The van der Waals surface area contributed by atoms with E-state index >= 15 is 0 Å². The first-order chi connectivity index (χ1) is 10.8. The molecule has 3 aliphatic heterocycles. The van der Waals surface area contributed by atoms with Crippen molar-refractivity contribution in [2.45, 2.75) is 25.9 Å². The van der Waals surface area contributed by atoms with Gasteiger partial charge in [0.25, 0.3) is 0 Å². The Bertz CT molecular complexity index is 645. The number of aryl methyl sites for hydroxylation is 1. The molecule has 1 unspecified atom stereocenters. The topological polar surface area (TPSA) is 25.4 Å². The largest absolute Gasteiger partial charge is 0.487 e. The van der Waals surface area contributed by atoms with E-state index in [0.717, 1.165) is 23.9 Å². The molecule has 0 aliphatic carbocycles. The first-order valence-electron chi connectivity index (χ1n) is 8.21. The van der Waals surface area contributed by atoms with Gasteiger partial charge in [-0.2, -0.15) is 0 Å². The van der Waals surface area contributed by atoms with Gasteiger partial charge in [0.05, 0.1) is 11.9 Å². The normalized spacial score (nSPS) is 26.9. The third-order valence-electron chi connectivity index (χ3n) is 5.04. The van der Waals surface area contributed by atoms with E-state index in [9.17, 15) is 0 Å². The van der Waals surface area contributed by atoms with Gasteiger partial charge < -0.3 is 4.74 Å². The number of hydrogen-bond donors (Lipinski definition) is 0. The molecular formula is C19H22N2O. The predicted octanol–water partition coefficient (Wildman–Crippen LogP) is 3.53. The minimum Gasteiger partial charge on any atom is -0.487 e. The summed E-state index contributed by atoms with van der Waals surface area (Å²) in [5.74, 6) is 1.62. The van der Waals surface area contributed by atoms with Gasteiger partial charge >= 0.3 is 0 Å². The fourth-order valence-corrected chi connectivity index (χ4v) is 3.69. The molecule has 3 fully saturated rings. The Morgan fingerprint density at radius 2 is 1.91 bits per heavy atom. The molecule has 1 aromatic carbocycles. The first-order valence-corrected chi connectivity index (χ1v) is 8.21. The Labute approximate surface area is 131 Å². The molecule has 0 saturated carbocycles. The predicted molar refractivity (Wildman–Crippen MR) is 88.0 cm³/mol. The molecule has 2 aromatic rings. The van der Waals surface area contributed by atoms with Crippen molar-refractivity contribution in [2.24, 2.45) is 5.92 Å². The minimum absolute atomic E-state index is 0.341. The van der Waals surface area contributed by atoms with Crippen LogP contribution in [0.5, 0.6) is 5.75 Å². The molecule has 0 spiro atoms. The lowest BCUT2D eigenvalue weighted by Gasteiger charge is -2.44. The summed E-state index contributed by atoms with van der Waals surface area (Å²) in [6.07, 6.45) is 4.77. The Morgan fingerprint density at radius 1 is 1.09 bits per heavy atom. The molecule has 22 heavy (non-hydrogen) atoms. The number of pyridine rings is 1. The fraction of sp³-hybridized carbons (Fsp3) is 0.421. The van der Waals surface area contributed by atoms with Crippen LogP contribution in [0, 0.1) is 12.8 Å². The van der Waals surface area contributed by atoms with Crippen LogP contribution in [0.2, 0.25) is 0 Å². The lowest BCUT2D eigenvalue weighted by Crippen LogP contribution is -2.52. The third kappa shape index (κ3) is 2.61. The molecule has 3 aliphatic rings. The zero-order chi connectivity index (χ0) is 14.9. The summed E-state index contributed by atoms with van der Waals surface area (Å²) in [5, 5.41) is 0. The van der Waals surface area contributed by atoms with Gasteiger partial charge in [0, 0.05) is 12.1 Å². The first kappa shape index (κ1) is 13.8.